The Morgan fingerprint density at radius 3 is 3.06 bits per heavy atom. The molecule has 1 N–H and O–H groups in total. The second-order valence-corrected chi connectivity index (χ2v) is 4.13. The maximum absolute atomic E-state index is 8.76. The van der Waals surface area contributed by atoms with Gasteiger partial charge in [-0.25, -0.2) is 14.3 Å². The third-order valence-corrected chi connectivity index (χ3v) is 2.61. The molecule has 7 nitrogen and oxygen atoms in total. The molecule has 0 aromatic carbocycles. The van der Waals surface area contributed by atoms with Crippen LogP contribution in [0.2, 0.25) is 0 Å². The van der Waals surface area contributed by atoms with Gasteiger partial charge in [0.05, 0.1) is 5.69 Å². The van der Waals surface area contributed by atoms with E-state index in [4.69, 9.17) is 5.11 Å². The van der Waals surface area contributed by atoms with E-state index < -0.39 is 0 Å². The fourth-order valence-electron chi connectivity index (χ4n) is 1.74. The van der Waals surface area contributed by atoms with Gasteiger partial charge in [0.1, 0.15) is 18.7 Å². The molecule has 0 saturated heterocycles. The van der Waals surface area contributed by atoms with Crippen LogP contribution in [0.4, 0.5) is 0 Å². The Morgan fingerprint density at radius 2 is 2.28 bits per heavy atom. The van der Waals surface area contributed by atoms with E-state index in [2.05, 4.69) is 27.3 Å². The quantitative estimate of drug-likeness (QED) is 0.762. The van der Waals surface area contributed by atoms with Crippen molar-refractivity contribution in [2.75, 3.05) is 6.61 Å². The molecule has 0 amide bonds. The zero-order chi connectivity index (χ0) is 12.8. The smallest absolute Gasteiger partial charge is 0.148 e. The number of hydrogen-bond donors (Lipinski definition) is 1. The van der Waals surface area contributed by atoms with Crippen LogP contribution >= 0.6 is 0 Å². The van der Waals surface area contributed by atoms with Gasteiger partial charge in [-0.1, -0.05) is 12.1 Å². The number of aliphatic hydroxyl groups excluding tert-OH is 1. The normalized spacial score (nSPS) is 11.0. The van der Waals surface area contributed by atoms with Crippen molar-refractivity contribution in [1.82, 2.24) is 29.8 Å². The first-order valence-electron chi connectivity index (χ1n) is 6.20. The molecule has 0 unspecified atom stereocenters. The van der Waals surface area contributed by atoms with Crippen LogP contribution in [-0.4, -0.2) is 41.5 Å². The van der Waals surface area contributed by atoms with E-state index in [1.165, 1.54) is 0 Å². The Balaban J connectivity index is 1.99. The van der Waals surface area contributed by atoms with Crippen molar-refractivity contribution in [3.05, 3.63) is 24.0 Å². The van der Waals surface area contributed by atoms with Gasteiger partial charge in [-0.2, -0.15) is 5.10 Å². The molecule has 0 bridgehead atoms. The molecule has 0 fully saturated rings. The fraction of sp³-hybridized carbons (Fsp3) is 0.636. The van der Waals surface area contributed by atoms with E-state index in [1.54, 1.807) is 11.0 Å². The summed E-state index contributed by atoms with van der Waals surface area (Å²) < 4.78 is 3.64. The zero-order valence-electron chi connectivity index (χ0n) is 10.5. The molecule has 2 rings (SSSR count). The van der Waals surface area contributed by atoms with Gasteiger partial charge >= 0.3 is 0 Å². The third-order valence-electron chi connectivity index (χ3n) is 2.61. The Bertz CT molecular complexity index is 477. The summed E-state index contributed by atoms with van der Waals surface area (Å²) in [5.74, 6) is 0.885. The first-order valence-corrected chi connectivity index (χ1v) is 6.20. The summed E-state index contributed by atoms with van der Waals surface area (Å²) in [4.78, 5) is 4.22. The zero-order valence-corrected chi connectivity index (χ0v) is 10.5. The Labute approximate surface area is 105 Å². The SMILES string of the molecule is CCCn1ncnc1Cn1cc(CCCO)nn1. The maximum Gasteiger partial charge on any atom is 0.148 e. The molecule has 0 aliphatic heterocycles. The number of hydrogen-bond acceptors (Lipinski definition) is 5. The molecular weight excluding hydrogens is 232 g/mol. The molecule has 2 aromatic rings. The minimum Gasteiger partial charge on any atom is -0.396 e. The van der Waals surface area contributed by atoms with E-state index in [0.29, 0.717) is 13.0 Å². The van der Waals surface area contributed by atoms with E-state index in [0.717, 1.165) is 30.9 Å². The second-order valence-electron chi connectivity index (χ2n) is 4.13. The average molecular weight is 250 g/mol. The predicted octanol–water partition coefficient (Wildman–Crippen LogP) is 0.253. The summed E-state index contributed by atoms with van der Waals surface area (Å²) in [7, 11) is 0. The highest BCUT2D eigenvalue weighted by Gasteiger charge is 2.06. The standard InChI is InChI=1S/C11H18N6O/c1-2-5-17-11(12-9-13-17)8-16-7-10(14-15-16)4-3-6-18/h7,9,18H,2-6,8H2,1H3. The van der Waals surface area contributed by atoms with Crippen LogP contribution in [0, 0.1) is 0 Å². The lowest BCUT2D eigenvalue weighted by molar-refractivity contribution is 0.288. The molecule has 0 radical (unpaired) electrons. The minimum atomic E-state index is 0.178. The van der Waals surface area contributed by atoms with E-state index >= 15 is 0 Å². The van der Waals surface area contributed by atoms with E-state index in [9.17, 15) is 0 Å². The van der Waals surface area contributed by atoms with Gasteiger partial charge in [0.25, 0.3) is 0 Å². The van der Waals surface area contributed by atoms with Gasteiger partial charge in [0.2, 0.25) is 0 Å². The van der Waals surface area contributed by atoms with Gasteiger partial charge in [-0.3, -0.25) is 0 Å². The van der Waals surface area contributed by atoms with Crippen LogP contribution in [0.25, 0.3) is 0 Å². The topological polar surface area (TPSA) is 81.7 Å². The monoisotopic (exact) mass is 250 g/mol. The van der Waals surface area contributed by atoms with E-state index in [1.807, 2.05) is 10.9 Å². The van der Waals surface area contributed by atoms with Crippen LogP contribution in [0.1, 0.15) is 31.3 Å². The third kappa shape index (κ3) is 3.13. The van der Waals surface area contributed by atoms with Crippen LogP contribution < -0.4 is 0 Å². The highest BCUT2D eigenvalue weighted by atomic mass is 16.2. The summed E-state index contributed by atoms with van der Waals surface area (Å²) in [6.45, 7) is 3.72. The molecular formula is C11H18N6O. The molecule has 0 atom stereocenters. The number of aryl methyl sites for hydroxylation is 2. The molecule has 0 aliphatic carbocycles. The molecule has 2 heterocycles. The summed E-state index contributed by atoms with van der Waals surface area (Å²) >= 11 is 0. The van der Waals surface area contributed by atoms with Crippen LogP contribution in [0.5, 0.6) is 0 Å². The Hall–Kier alpha value is -1.76. The second kappa shape index (κ2) is 6.25. The van der Waals surface area contributed by atoms with Crippen molar-refractivity contribution in [1.29, 1.82) is 0 Å². The summed E-state index contributed by atoms with van der Waals surface area (Å²) in [5, 5.41) is 21.0. The van der Waals surface area contributed by atoms with Crippen molar-refractivity contribution in [2.24, 2.45) is 0 Å². The average Bonchev–Trinajstić information content (AvgIpc) is 2.98. The fourth-order valence-corrected chi connectivity index (χ4v) is 1.74. The number of nitrogens with zero attached hydrogens (tertiary/aromatic N) is 6. The van der Waals surface area contributed by atoms with Crippen LogP contribution in [0.3, 0.4) is 0 Å². The highest BCUT2D eigenvalue weighted by Crippen LogP contribution is 2.02. The number of aromatic nitrogens is 6. The summed E-state index contributed by atoms with van der Waals surface area (Å²) in [6, 6.07) is 0. The molecule has 0 aliphatic rings. The first kappa shape index (κ1) is 12.7. The lowest BCUT2D eigenvalue weighted by Gasteiger charge is -2.03. The summed E-state index contributed by atoms with van der Waals surface area (Å²) in [6.07, 6.45) is 5.94. The van der Waals surface area contributed by atoms with Gasteiger partial charge < -0.3 is 5.11 Å². The number of rotatable bonds is 7. The molecule has 18 heavy (non-hydrogen) atoms. The summed E-state index contributed by atoms with van der Waals surface area (Å²) in [5.41, 5.74) is 0.894. The van der Waals surface area contributed by atoms with Crippen molar-refractivity contribution >= 4 is 0 Å². The van der Waals surface area contributed by atoms with Crippen molar-refractivity contribution in [3.63, 3.8) is 0 Å². The minimum absolute atomic E-state index is 0.178. The number of aliphatic hydroxyl groups is 1. The van der Waals surface area contributed by atoms with Gasteiger partial charge in [-0.15, -0.1) is 5.10 Å². The van der Waals surface area contributed by atoms with Gasteiger partial charge in [0, 0.05) is 19.3 Å². The molecule has 7 heteroatoms. The highest BCUT2D eigenvalue weighted by molar-refractivity contribution is 4.94. The lowest BCUT2D eigenvalue weighted by atomic mass is 10.3. The maximum atomic E-state index is 8.76. The Morgan fingerprint density at radius 1 is 1.39 bits per heavy atom. The van der Waals surface area contributed by atoms with E-state index in [-0.39, 0.29) is 6.61 Å². The Kier molecular flexibility index (Phi) is 4.40. The predicted molar refractivity (Wildman–Crippen MR) is 64.8 cm³/mol. The van der Waals surface area contributed by atoms with Gasteiger partial charge in [-0.05, 0) is 19.3 Å². The molecule has 0 saturated carbocycles. The molecule has 98 valence electrons. The molecule has 2 aromatic heterocycles. The van der Waals surface area contributed by atoms with Crippen molar-refractivity contribution < 1.29 is 5.11 Å². The first-order chi connectivity index (χ1) is 8.83. The largest absolute Gasteiger partial charge is 0.396 e. The van der Waals surface area contributed by atoms with Crippen molar-refractivity contribution in [3.8, 4) is 0 Å². The molecule has 0 spiro atoms. The van der Waals surface area contributed by atoms with Crippen LogP contribution in [-0.2, 0) is 19.5 Å². The lowest BCUT2D eigenvalue weighted by Crippen LogP contribution is -2.10. The van der Waals surface area contributed by atoms with Gasteiger partial charge in [0.15, 0.2) is 0 Å². The van der Waals surface area contributed by atoms with Crippen LogP contribution in [0.15, 0.2) is 12.5 Å². The van der Waals surface area contributed by atoms with Crippen molar-refractivity contribution in [2.45, 2.75) is 39.3 Å².